The topological polar surface area (TPSA) is 85.2 Å². The van der Waals surface area contributed by atoms with Crippen molar-refractivity contribution in [1.29, 1.82) is 0 Å². The van der Waals surface area contributed by atoms with Crippen LogP contribution >= 0.6 is 0 Å². The molecular formula is C27H44O6. The molecule has 3 rings (SSSR count). The molecule has 0 radical (unpaired) electrons. The molecule has 6 heteroatoms. The molecule has 3 aliphatic rings. The van der Waals surface area contributed by atoms with Crippen molar-refractivity contribution in [3.8, 4) is 0 Å². The average Bonchev–Trinajstić information content (AvgIpc) is 3.30. The van der Waals surface area contributed by atoms with Gasteiger partial charge in [0, 0.05) is 37.7 Å². The summed E-state index contributed by atoms with van der Waals surface area (Å²) in [7, 11) is 0. The van der Waals surface area contributed by atoms with E-state index in [4.69, 9.17) is 19.3 Å². The molecule has 2 aliphatic heterocycles. The van der Waals surface area contributed by atoms with Crippen LogP contribution in [0, 0.1) is 17.8 Å². The third-order valence-electron chi connectivity index (χ3n) is 7.29. The van der Waals surface area contributed by atoms with Gasteiger partial charge in [0.25, 0.3) is 0 Å². The number of carbonyl (C=O) groups is 1. The van der Waals surface area contributed by atoms with Crippen molar-refractivity contribution >= 4 is 5.97 Å². The highest BCUT2D eigenvalue weighted by atomic mass is 16.7. The molecule has 3 fully saturated rings. The Morgan fingerprint density at radius 3 is 2.88 bits per heavy atom. The highest BCUT2D eigenvalue weighted by Gasteiger charge is 2.47. The van der Waals surface area contributed by atoms with Crippen LogP contribution in [0.2, 0.25) is 0 Å². The molecule has 1 saturated carbocycles. The van der Waals surface area contributed by atoms with Gasteiger partial charge in [-0.05, 0) is 50.5 Å². The van der Waals surface area contributed by atoms with Gasteiger partial charge in [-0.2, -0.15) is 0 Å². The minimum atomic E-state index is -0.759. The van der Waals surface area contributed by atoms with Crippen LogP contribution in [0.5, 0.6) is 0 Å². The van der Waals surface area contributed by atoms with Gasteiger partial charge in [0.15, 0.2) is 6.29 Å². The number of aliphatic hydroxyl groups excluding tert-OH is 1. The lowest BCUT2D eigenvalue weighted by molar-refractivity contribution is -0.181. The normalized spacial score (nSPS) is 32.7. The summed E-state index contributed by atoms with van der Waals surface area (Å²) in [6.45, 7) is 5.30. The third kappa shape index (κ3) is 8.41. The van der Waals surface area contributed by atoms with Crippen LogP contribution < -0.4 is 0 Å². The van der Waals surface area contributed by atoms with Crippen LogP contribution in [0.4, 0.5) is 0 Å². The summed E-state index contributed by atoms with van der Waals surface area (Å²) in [5, 5.41) is 19.5. The van der Waals surface area contributed by atoms with E-state index in [1.165, 1.54) is 19.3 Å². The fourth-order valence-electron chi connectivity index (χ4n) is 5.41. The van der Waals surface area contributed by atoms with Crippen molar-refractivity contribution in [2.75, 3.05) is 6.61 Å². The Bertz CT molecular complexity index is 653. The predicted octanol–water partition coefficient (Wildman–Crippen LogP) is 5.60. The first kappa shape index (κ1) is 26.2. The minimum Gasteiger partial charge on any atom is -0.495 e. The monoisotopic (exact) mass is 464 g/mol. The number of unbranched alkanes of at least 4 members (excludes halogenated alkanes) is 2. The number of rotatable bonds is 13. The maximum atomic E-state index is 10.7. The van der Waals surface area contributed by atoms with Gasteiger partial charge in [0.1, 0.15) is 6.10 Å². The summed E-state index contributed by atoms with van der Waals surface area (Å²) >= 11 is 0. The van der Waals surface area contributed by atoms with E-state index in [2.05, 4.69) is 26.0 Å². The zero-order chi connectivity index (χ0) is 23.6. The molecule has 2 saturated heterocycles. The van der Waals surface area contributed by atoms with E-state index in [9.17, 15) is 9.90 Å². The lowest BCUT2D eigenvalue weighted by Crippen LogP contribution is -2.28. The lowest BCUT2D eigenvalue weighted by atomic mass is 9.90. The minimum absolute atomic E-state index is 0.000409. The largest absolute Gasteiger partial charge is 0.495 e. The molecule has 7 atom stereocenters. The fraction of sp³-hybridized carbons (Fsp3) is 0.815. The van der Waals surface area contributed by atoms with Gasteiger partial charge in [0.05, 0.1) is 18.0 Å². The molecule has 188 valence electrons. The molecule has 1 unspecified atom stereocenters. The van der Waals surface area contributed by atoms with E-state index in [0.29, 0.717) is 18.8 Å². The summed E-state index contributed by atoms with van der Waals surface area (Å²) < 4.78 is 18.3. The van der Waals surface area contributed by atoms with Crippen molar-refractivity contribution in [1.82, 2.24) is 0 Å². The van der Waals surface area contributed by atoms with E-state index in [-0.39, 0.29) is 36.8 Å². The predicted molar refractivity (Wildman–Crippen MR) is 128 cm³/mol. The van der Waals surface area contributed by atoms with Crippen molar-refractivity contribution in [2.45, 2.75) is 115 Å². The molecule has 0 aromatic heterocycles. The molecule has 2 N–H and O–H groups in total. The van der Waals surface area contributed by atoms with Crippen LogP contribution in [-0.2, 0) is 19.0 Å². The molecule has 0 spiro atoms. The number of carboxylic acids is 1. The molecule has 0 aromatic rings. The number of ether oxygens (including phenoxy) is 3. The quantitative estimate of drug-likeness (QED) is 0.273. The van der Waals surface area contributed by atoms with Crippen molar-refractivity contribution in [3.63, 3.8) is 0 Å². The Balaban J connectivity index is 1.58. The molecule has 2 heterocycles. The smallest absolute Gasteiger partial charge is 0.303 e. The second-order valence-corrected chi connectivity index (χ2v) is 10.2. The number of hydrogen-bond acceptors (Lipinski definition) is 5. The molecule has 0 amide bonds. The van der Waals surface area contributed by atoms with E-state index in [1.807, 2.05) is 6.08 Å². The SMILES string of the molecule is CCCC[C@H](C)C[C@@H](/C=C/[C@@H]1[C@H]2C/C(=C/CCCC(=O)O)O[C@@H]2C[C@H]1O)OC1CCCCO1. The van der Waals surface area contributed by atoms with Crippen LogP contribution in [0.15, 0.2) is 24.0 Å². The Morgan fingerprint density at radius 1 is 1.30 bits per heavy atom. The number of fused-ring (bicyclic) bond motifs is 1. The van der Waals surface area contributed by atoms with Crippen molar-refractivity contribution in [2.24, 2.45) is 17.8 Å². The Morgan fingerprint density at radius 2 is 2.15 bits per heavy atom. The number of aliphatic carboxylic acids is 1. The first-order valence-corrected chi connectivity index (χ1v) is 13.2. The van der Waals surface area contributed by atoms with Gasteiger partial charge in [-0.25, -0.2) is 0 Å². The van der Waals surface area contributed by atoms with Gasteiger partial charge >= 0.3 is 5.97 Å². The highest BCUT2D eigenvalue weighted by Crippen LogP contribution is 2.45. The third-order valence-corrected chi connectivity index (χ3v) is 7.29. The molecule has 1 aliphatic carbocycles. The Hall–Kier alpha value is -1.37. The van der Waals surface area contributed by atoms with Gasteiger partial charge in [-0.15, -0.1) is 0 Å². The molecule has 0 bridgehead atoms. The molecule has 33 heavy (non-hydrogen) atoms. The van der Waals surface area contributed by atoms with Gasteiger partial charge in [-0.3, -0.25) is 4.79 Å². The number of allylic oxidation sites excluding steroid dienone is 2. The summed E-state index contributed by atoms with van der Waals surface area (Å²) in [6, 6.07) is 0. The van der Waals surface area contributed by atoms with Crippen LogP contribution in [-0.4, -0.2) is 47.4 Å². The van der Waals surface area contributed by atoms with Crippen molar-refractivity contribution < 1.29 is 29.2 Å². The van der Waals surface area contributed by atoms with Gasteiger partial charge in [0.2, 0.25) is 0 Å². The van der Waals surface area contributed by atoms with Crippen molar-refractivity contribution in [3.05, 3.63) is 24.0 Å². The van der Waals surface area contributed by atoms with Crippen LogP contribution in [0.25, 0.3) is 0 Å². The fourth-order valence-corrected chi connectivity index (χ4v) is 5.41. The lowest BCUT2D eigenvalue weighted by Gasteiger charge is -2.28. The first-order valence-electron chi connectivity index (χ1n) is 13.2. The zero-order valence-electron chi connectivity index (χ0n) is 20.5. The molecule has 0 aromatic carbocycles. The number of aliphatic hydroxyl groups is 1. The Labute approximate surface area is 199 Å². The standard InChI is InChI=1S/C27H44O6/c1-3-4-9-19(2)16-21(33-27-12-7-8-15-31-27)13-14-22-23-17-20(10-5-6-11-26(29)30)32-25(23)18-24(22)28/h10,13-14,19,21-25,27-28H,3-9,11-12,15-18H2,1-2H3,(H,29,30)/b14-13+,20-10-/t19-,21+,22+,23+,24+,25+,27?/m0/s1. The summed E-state index contributed by atoms with van der Waals surface area (Å²) in [5.74, 6) is 1.11. The maximum Gasteiger partial charge on any atom is 0.303 e. The van der Waals surface area contributed by atoms with Crippen LogP contribution in [0.1, 0.15) is 90.9 Å². The molecular weight excluding hydrogens is 420 g/mol. The average molecular weight is 465 g/mol. The number of hydrogen-bond donors (Lipinski definition) is 2. The second-order valence-electron chi connectivity index (χ2n) is 10.2. The van der Waals surface area contributed by atoms with E-state index >= 15 is 0 Å². The first-order chi connectivity index (χ1) is 16.0. The van der Waals surface area contributed by atoms with Gasteiger partial charge in [-0.1, -0.05) is 45.3 Å². The summed E-state index contributed by atoms with van der Waals surface area (Å²) in [6.07, 6.45) is 16.7. The van der Waals surface area contributed by atoms with E-state index in [0.717, 1.165) is 50.9 Å². The summed E-state index contributed by atoms with van der Waals surface area (Å²) in [4.78, 5) is 10.7. The van der Waals surface area contributed by atoms with E-state index in [1.54, 1.807) is 0 Å². The van der Waals surface area contributed by atoms with Crippen LogP contribution in [0.3, 0.4) is 0 Å². The van der Waals surface area contributed by atoms with E-state index < -0.39 is 12.1 Å². The van der Waals surface area contributed by atoms with Gasteiger partial charge < -0.3 is 24.4 Å². The maximum absolute atomic E-state index is 10.7. The number of carboxylic acid groups (broad SMARTS) is 1. The molecule has 6 nitrogen and oxygen atoms in total. The zero-order valence-corrected chi connectivity index (χ0v) is 20.5. The second kappa shape index (κ2) is 13.5. The highest BCUT2D eigenvalue weighted by molar-refractivity contribution is 5.66. The summed E-state index contributed by atoms with van der Waals surface area (Å²) in [5.41, 5.74) is 0. The Kier molecular flexibility index (Phi) is 10.7.